The zero-order chi connectivity index (χ0) is 21.1. The third-order valence-corrected chi connectivity index (χ3v) is 6.96. The zero-order valence-electron chi connectivity index (χ0n) is 17.9. The van der Waals surface area contributed by atoms with Gasteiger partial charge in [0.2, 0.25) is 5.91 Å². The fraction of sp³-hybridized carbons (Fsp3) is 0.360. The number of anilines is 1. The van der Waals surface area contributed by atoms with Gasteiger partial charge in [0.1, 0.15) is 0 Å². The number of carbonyl (C=O) groups excluding carboxylic acids is 1. The van der Waals surface area contributed by atoms with Gasteiger partial charge in [-0.05, 0) is 29.9 Å². The summed E-state index contributed by atoms with van der Waals surface area (Å²) >= 11 is 1.56. The molecule has 0 saturated carbocycles. The number of thiazole rings is 1. The largest absolute Gasteiger partial charge is 0.301 e. The number of hydrogen-bond donors (Lipinski definition) is 1. The molecular weight excluding hydrogens is 376 g/mol. The summed E-state index contributed by atoms with van der Waals surface area (Å²) in [6.45, 7) is 10.6. The predicted octanol–water partition coefficient (Wildman–Crippen LogP) is 6.63. The first-order chi connectivity index (χ1) is 13.8. The van der Waals surface area contributed by atoms with Crippen molar-refractivity contribution in [2.45, 2.75) is 52.4 Å². The van der Waals surface area contributed by atoms with Gasteiger partial charge in [0.15, 0.2) is 5.13 Å². The SMILES string of the molecule is CCC(C)(C(=O)Nc1ncc(C(C)(C)C)s1)C(c1ccccc1)c1ccccc1. The van der Waals surface area contributed by atoms with E-state index in [9.17, 15) is 4.79 Å². The predicted molar refractivity (Wildman–Crippen MR) is 123 cm³/mol. The van der Waals surface area contributed by atoms with Gasteiger partial charge in [-0.2, -0.15) is 0 Å². The van der Waals surface area contributed by atoms with Gasteiger partial charge in [0.25, 0.3) is 0 Å². The second kappa shape index (κ2) is 8.50. The molecule has 152 valence electrons. The highest BCUT2D eigenvalue weighted by molar-refractivity contribution is 7.15. The molecule has 0 radical (unpaired) electrons. The van der Waals surface area contributed by atoms with E-state index in [4.69, 9.17) is 0 Å². The van der Waals surface area contributed by atoms with Crippen molar-refractivity contribution in [1.82, 2.24) is 4.98 Å². The van der Waals surface area contributed by atoms with Crippen LogP contribution in [0.2, 0.25) is 0 Å². The van der Waals surface area contributed by atoms with Crippen LogP contribution in [-0.2, 0) is 10.2 Å². The van der Waals surface area contributed by atoms with Crippen LogP contribution in [-0.4, -0.2) is 10.9 Å². The van der Waals surface area contributed by atoms with Crippen LogP contribution in [0, 0.1) is 5.41 Å². The number of rotatable bonds is 6. The molecule has 0 aliphatic carbocycles. The van der Waals surface area contributed by atoms with E-state index >= 15 is 0 Å². The van der Waals surface area contributed by atoms with E-state index in [0.29, 0.717) is 11.6 Å². The fourth-order valence-corrected chi connectivity index (χ4v) is 4.50. The Labute approximate surface area is 178 Å². The summed E-state index contributed by atoms with van der Waals surface area (Å²) in [4.78, 5) is 19.2. The highest BCUT2D eigenvalue weighted by atomic mass is 32.1. The molecule has 0 aliphatic rings. The second-order valence-corrected chi connectivity index (χ2v) is 9.79. The number of carbonyl (C=O) groups is 1. The summed E-state index contributed by atoms with van der Waals surface area (Å²) in [7, 11) is 0. The minimum Gasteiger partial charge on any atom is -0.301 e. The first-order valence-corrected chi connectivity index (χ1v) is 10.9. The molecular formula is C25H30N2OS. The van der Waals surface area contributed by atoms with E-state index in [0.717, 1.165) is 16.0 Å². The average Bonchev–Trinajstić information content (AvgIpc) is 3.18. The highest BCUT2D eigenvalue weighted by Gasteiger charge is 2.42. The number of nitrogens with one attached hydrogen (secondary N) is 1. The van der Waals surface area contributed by atoms with Gasteiger partial charge in [-0.15, -0.1) is 11.3 Å². The van der Waals surface area contributed by atoms with Crippen molar-refractivity contribution < 1.29 is 4.79 Å². The van der Waals surface area contributed by atoms with Crippen LogP contribution in [0.3, 0.4) is 0 Å². The number of aromatic nitrogens is 1. The second-order valence-electron chi connectivity index (χ2n) is 8.76. The maximum atomic E-state index is 13.6. The molecule has 29 heavy (non-hydrogen) atoms. The number of hydrogen-bond acceptors (Lipinski definition) is 3. The van der Waals surface area contributed by atoms with E-state index in [2.05, 4.69) is 69.2 Å². The van der Waals surface area contributed by atoms with Crippen LogP contribution in [0.15, 0.2) is 66.9 Å². The Morgan fingerprint density at radius 3 is 1.90 bits per heavy atom. The fourth-order valence-electron chi connectivity index (χ4n) is 3.63. The quantitative estimate of drug-likeness (QED) is 0.499. The third kappa shape index (κ3) is 4.59. The molecule has 3 rings (SSSR count). The summed E-state index contributed by atoms with van der Waals surface area (Å²) in [6.07, 6.45) is 2.58. The van der Waals surface area contributed by atoms with Crippen LogP contribution in [0.1, 0.15) is 63.0 Å². The monoisotopic (exact) mass is 406 g/mol. The number of nitrogens with zero attached hydrogens (tertiary/aromatic N) is 1. The minimum atomic E-state index is -0.615. The van der Waals surface area contributed by atoms with E-state index in [1.165, 1.54) is 0 Å². The van der Waals surface area contributed by atoms with Crippen molar-refractivity contribution in [1.29, 1.82) is 0 Å². The lowest BCUT2D eigenvalue weighted by atomic mass is 9.68. The van der Waals surface area contributed by atoms with Crippen molar-refractivity contribution >= 4 is 22.4 Å². The Morgan fingerprint density at radius 2 is 1.48 bits per heavy atom. The van der Waals surface area contributed by atoms with Crippen molar-refractivity contribution in [3.05, 3.63) is 82.9 Å². The zero-order valence-corrected chi connectivity index (χ0v) is 18.7. The van der Waals surface area contributed by atoms with Crippen molar-refractivity contribution in [3.63, 3.8) is 0 Å². The lowest BCUT2D eigenvalue weighted by Crippen LogP contribution is -2.39. The Hall–Kier alpha value is -2.46. The Kier molecular flexibility index (Phi) is 6.23. The molecule has 3 nitrogen and oxygen atoms in total. The van der Waals surface area contributed by atoms with Crippen molar-refractivity contribution in [2.24, 2.45) is 5.41 Å². The normalized spacial score (nSPS) is 13.9. The van der Waals surface area contributed by atoms with Gasteiger partial charge >= 0.3 is 0 Å². The summed E-state index contributed by atoms with van der Waals surface area (Å²) in [5, 5.41) is 3.78. The molecule has 1 N–H and O–H groups in total. The average molecular weight is 407 g/mol. The topological polar surface area (TPSA) is 42.0 Å². The van der Waals surface area contributed by atoms with Gasteiger partial charge < -0.3 is 5.32 Å². The maximum absolute atomic E-state index is 13.6. The molecule has 0 bridgehead atoms. The van der Waals surface area contributed by atoms with Gasteiger partial charge in [0, 0.05) is 17.0 Å². The Balaban J connectivity index is 1.98. The smallest absolute Gasteiger partial charge is 0.233 e. The van der Waals surface area contributed by atoms with Crippen LogP contribution in [0.25, 0.3) is 0 Å². The standard InChI is InChI=1S/C25H30N2OS/c1-6-25(5,22(28)27-23-26-17-20(29-23)24(2,3)4)21(18-13-9-7-10-14-18)19-15-11-8-12-16-19/h7-17,21H,6H2,1-5H3,(H,26,27,28). The van der Waals surface area contributed by atoms with E-state index < -0.39 is 5.41 Å². The molecule has 1 heterocycles. The Bertz CT molecular complexity index is 904. The van der Waals surface area contributed by atoms with Crippen LogP contribution >= 0.6 is 11.3 Å². The lowest BCUT2D eigenvalue weighted by Gasteiger charge is -2.36. The van der Waals surface area contributed by atoms with E-state index in [-0.39, 0.29) is 17.2 Å². The first kappa shape index (κ1) is 21.3. The summed E-state index contributed by atoms with van der Waals surface area (Å²) < 4.78 is 0. The molecule has 1 unspecified atom stereocenters. The molecule has 0 fully saturated rings. The van der Waals surface area contributed by atoms with E-state index in [1.807, 2.05) is 42.6 Å². The molecule has 1 aromatic heterocycles. The molecule has 4 heteroatoms. The Morgan fingerprint density at radius 1 is 0.966 bits per heavy atom. The third-order valence-electron chi connectivity index (χ3n) is 5.62. The number of amides is 1. The molecule has 1 atom stereocenters. The molecule has 0 saturated heterocycles. The van der Waals surface area contributed by atoms with E-state index in [1.54, 1.807) is 11.3 Å². The maximum Gasteiger partial charge on any atom is 0.233 e. The van der Waals surface area contributed by atoms with Gasteiger partial charge in [-0.3, -0.25) is 4.79 Å². The molecule has 2 aromatic carbocycles. The lowest BCUT2D eigenvalue weighted by molar-refractivity contribution is -0.125. The van der Waals surface area contributed by atoms with Crippen molar-refractivity contribution in [3.8, 4) is 0 Å². The molecule has 0 spiro atoms. The molecule has 3 aromatic rings. The first-order valence-electron chi connectivity index (χ1n) is 10.1. The van der Waals surface area contributed by atoms with Gasteiger partial charge in [0.05, 0.1) is 5.41 Å². The summed E-state index contributed by atoms with van der Waals surface area (Å²) in [5.74, 6) is -0.0375. The minimum absolute atomic E-state index is 0.00696. The summed E-state index contributed by atoms with van der Waals surface area (Å²) in [6, 6.07) is 20.6. The van der Waals surface area contributed by atoms with Crippen molar-refractivity contribution in [2.75, 3.05) is 5.32 Å². The number of benzene rings is 2. The van der Waals surface area contributed by atoms with Crippen LogP contribution in [0.4, 0.5) is 5.13 Å². The van der Waals surface area contributed by atoms with Gasteiger partial charge in [-0.25, -0.2) is 4.98 Å². The van der Waals surface area contributed by atoms with Gasteiger partial charge in [-0.1, -0.05) is 88.4 Å². The highest BCUT2D eigenvalue weighted by Crippen LogP contribution is 2.44. The molecule has 1 amide bonds. The molecule has 0 aliphatic heterocycles. The summed E-state index contributed by atoms with van der Waals surface area (Å²) in [5.41, 5.74) is 1.70. The van der Waals surface area contributed by atoms with Crippen LogP contribution < -0.4 is 5.32 Å². The van der Waals surface area contributed by atoms with Crippen LogP contribution in [0.5, 0.6) is 0 Å².